The topological polar surface area (TPSA) is 66.8 Å². The van der Waals surface area contributed by atoms with Crippen LogP contribution in [0.25, 0.3) is 0 Å². The molecule has 0 aliphatic carbocycles. The van der Waals surface area contributed by atoms with Gasteiger partial charge in [0.25, 0.3) is 0 Å². The lowest BCUT2D eigenvalue weighted by molar-refractivity contribution is -0.163. The first-order chi connectivity index (χ1) is 5.20. The third-order valence-electron chi connectivity index (χ3n) is 1.37. The maximum absolute atomic E-state index is 10.8. The van der Waals surface area contributed by atoms with E-state index in [1.165, 1.54) is 0 Å². The van der Waals surface area contributed by atoms with Crippen LogP contribution in [-0.2, 0) is 14.4 Å². The lowest BCUT2D eigenvalue weighted by atomic mass is 10.4. The molecule has 1 heterocycles. The summed E-state index contributed by atoms with van der Waals surface area (Å²) in [7, 11) is 0. The Balaban J connectivity index is 2.26. The smallest absolute Gasteiger partial charge is 0.305 e. The third-order valence-corrected chi connectivity index (χ3v) is 1.37. The van der Waals surface area contributed by atoms with Crippen LogP contribution in [-0.4, -0.2) is 35.2 Å². The van der Waals surface area contributed by atoms with Crippen LogP contribution in [0.15, 0.2) is 0 Å². The van der Waals surface area contributed by atoms with Gasteiger partial charge in [0, 0.05) is 0 Å². The van der Waals surface area contributed by atoms with Crippen LogP contribution >= 0.6 is 0 Å². The Bertz CT molecular complexity index is 179. The zero-order valence-electron chi connectivity index (χ0n) is 5.95. The minimum absolute atomic E-state index is 0.0638. The molecule has 0 radical (unpaired) electrons. The minimum atomic E-state index is -0.923. The quantitative estimate of drug-likeness (QED) is 0.609. The zero-order valence-corrected chi connectivity index (χ0v) is 5.95. The predicted octanol–water partition coefficient (Wildman–Crippen LogP) is -0.375. The van der Waals surface area contributed by atoms with Gasteiger partial charge in [0.2, 0.25) is 5.91 Å². The first-order valence-electron chi connectivity index (χ1n) is 3.35. The Morgan fingerprint density at radius 1 is 1.73 bits per heavy atom. The largest absolute Gasteiger partial charge is 0.481 e. The molecular weight excluding hydrogens is 150 g/mol. The molecule has 1 rings (SSSR count). The van der Waals surface area contributed by atoms with Gasteiger partial charge in [0.05, 0.1) is 26.0 Å². The van der Waals surface area contributed by atoms with Crippen molar-refractivity contribution in [1.29, 1.82) is 0 Å². The summed E-state index contributed by atoms with van der Waals surface area (Å²) < 4.78 is 0. The van der Waals surface area contributed by atoms with Gasteiger partial charge in [-0.25, -0.2) is 5.06 Å². The molecule has 1 aliphatic heterocycles. The van der Waals surface area contributed by atoms with Crippen LogP contribution in [0.1, 0.15) is 12.8 Å². The minimum Gasteiger partial charge on any atom is -0.481 e. The fourth-order valence-corrected chi connectivity index (χ4v) is 0.826. The highest BCUT2D eigenvalue weighted by atomic mass is 16.7. The molecule has 1 fully saturated rings. The first-order valence-corrected chi connectivity index (χ1v) is 3.35. The second-order valence-corrected chi connectivity index (χ2v) is 2.22. The summed E-state index contributed by atoms with van der Waals surface area (Å²) in [5, 5.41) is 9.37. The highest BCUT2D eigenvalue weighted by Crippen LogP contribution is 2.06. The van der Waals surface area contributed by atoms with E-state index in [1.807, 2.05) is 0 Å². The average Bonchev–Trinajstić information content (AvgIpc) is 2.31. The van der Waals surface area contributed by atoms with Gasteiger partial charge in [0.15, 0.2) is 0 Å². The maximum Gasteiger partial charge on any atom is 0.305 e. The van der Waals surface area contributed by atoms with Crippen molar-refractivity contribution in [1.82, 2.24) is 5.06 Å². The SMILES string of the molecule is O=C(O)CCN1OCCC1=O. The molecule has 1 N–H and O–H groups in total. The Morgan fingerprint density at radius 3 is 2.91 bits per heavy atom. The first kappa shape index (κ1) is 8.00. The summed E-state index contributed by atoms with van der Waals surface area (Å²) in [5.41, 5.74) is 0. The van der Waals surface area contributed by atoms with Crippen LogP contribution in [0.3, 0.4) is 0 Å². The van der Waals surface area contributed by atoms with Crippen molar-refractivity contribution in [3.63, 3.8) is 0 Å². The van der Waals surface area contributed by atoms with E-state index in [0.717, 1.165) is 5.06 Å². The van der Waals surface area contributed by atoms with Gasteiger partial charge < -0.3 is 5.11 Å². The number of nitrogens with zero attached hydrogens (tertiary/aromatic N) is 1. The molecule has 11 heavy (non-hydrogen) atoms. The van der Waals surface area contributed by atoms with E-state index in [9.17, 15) is 9.59 Å². The number of aliphatic carboxylic acids is 1. The number of carbonyl (C=O) groups is 2. The molecule has 0 atom stereocenters. The molecule has 0 saturated carbocycles. The number of amides is 1. The van der Waals surface area contributed by atoms with Crippen LogP contribution in [0.2, 0.25) is 0 Å². The monoisotopic (exact) mass is 159 g/mol. The van der Waals surface area contributed by atoms with Crippen molar-refractivity contribution in [2.45, 2.75) is 12.8 Å². The van der Waals surface area contributed by atoms with Crippen LogP contribution in [0.5, 0.6) is 0 Å². The summed E-state index contributed by atoms with van der Waals surface area (Å²) in [6.07, 6.45) is 0.297. The highest BCUT2D eigenvalue weighted by Gasteiger charge is 2.21. The predicted molar refractivity (Wildman–Crippen MR) is 34.5 cm³/mol. The molecule has 0 aromatic rings. The van der Waals surface area contributed by atoms with E-state index < -0.39 is 5.97 Å². The standard InChI is InChI=1S/C6H9NO4/c8-5-2-4-11-7(5)3-1-6(9)10/h1-4H2,(H,9,10). The van der Waals surface area contributed by atoms with Crippen LogP contribution in [0, 0.1) is 0 Å². The second-order valence-electron chi connectivity index (χ2n) is 2.22. The van der Waals surface area contributed by atoms with Gasteiger partial charge in [-0.1, -0.05) is 0 Å². The number of hydroxylamine groups is 2. The van der Waals surface area contributed by atoms with E-state index in [2.05, 4.69) is 0 Å². The maximum atomic E-state index is 10.8. The molecule has 1 amide bonds. The Labute approximate surface area is 63.5 Å². The van der Waals surface area contributed by atoms with Crippen molar-refractivity contribution < 1.29 is 19.5 Å². The van der Waals surface area contributed by atoms with E-state index in [4.69, 9.17) is 9.94 Å². The summed E-state index contributed by atoms with van der Waals surface area (Å²) in [6.45, 7) is 0.520. The number of hydrogen-bond donors (Lipinski definition) is 1. The van der Waals surface area contributed by atoms with Crippen molar-refractivity contribution in [2.75, 3.05) is 13.2 Å². The molecule has 0 spiro atoms. The fourth-order valence-electron chi connectivity index (χ4n) is 0.826. The molecule has 5 nitrogen and oxygen atoms in total. The molecular formula is C6H9NO4. The Hall–Kier alpha value is -1.10. The van der Waals surface area contributed by atoms with Gasteiger partial charge in [-0.2, -0.15) is 0 Å². The van der Waals surface area contributed by atoms with Crippen molar-refractivity contribution >= 4 is 11.9 Å². The molecule has 1 saturated heterocycles. The molecule has 62 valence electrons. The summed E-state index contributed by atoms with van der Waals surface area (Å²) in [4.78, 5) is 25.7. The van der Waals surface area contributed by atoms with Crippen molar-refractivity contribution in [2.24, 2.45) is 0 Å². The van der Waals surface area contributed by atoms with Crippen molar-refractivity contribution in [3.05, 3.63) is 0 Å². The number of carboxylic acids is 1. The van der Waals surface area contributed by atoms with E-state index in [-0.39, 0.29) is 18.9 Å². The summed E-state index contributed by atoms with van der Waals surface area (Å²) in [5.74, 6) is -1.06. The lowest BCUT2D eigenvalue weighted by Crippen LogP contribution is -2.25. The third kappa shape index (κ3) is 2.19. The van der Waals surface area contributed by atoms with Gasteiger partial charge in [-0.15, -0.1) is 0 Å². The van der Waals surface area contributed by atoms with E-state index in [1.54, 1.807) is 0 Å². The van der Waals surface area contributed by atoms with E-state index in [0.29, 0.717) is 13.0 Å². The highest BCUT2D eigenvalue weighted by molar-refractivity contribution is 5.77. The lowest BCUT2D eigenvalue weighted by Gasteiger charge is -2.11. The van der Waals surface area contributed by atoms with Gasteiger partial charge >= 0.3 is 5.97 Å². The molecule has 5 heteroatoms. The molecule has 0 aromatic carbocycles. The summed E-state index contributed by atoms with van der Waals surface area (Å²) >= 11 is 0. The van der Waals surface area contributed by atoms with Crippen LogP contribution in [0.4, 0.5) is 0 Å². The summed E-state index contributed by atoms with van der Waals surface area (Å²) in [6, 6.07) is 0. The number of hydrogen-bond acceptors (Lipinski definition) is 3. The molecule has 1 aliphatic rings. The molecule has 0 unspecified atom stereocenters. The zero-order chi connectivity index (χ0) is 8.27. The molecule has 0 bridgehead atoms. The van der Waals surface area contributed by atoms with Crippen LogP contribution < -0.4 is 0 Å². The number of carbonyl (C=O) groups excluding carboxylic acids is 1. The molecule has 0 aromatic heterocycles. The van der Waals surface area contributed by atoms with E-state index >= 15 is 0 Å². The number of rotatable bonds is 3. The van der Waals surface area contributed by atoms with Gasteiger partial charge in [-0.05, 0) is 0 Å². The Kier molecular flexibility index (Phi) is 2.43. The normalized spacial score (nSPS) is 17.5. The Morgan fingerprint density at radius 2 is 2.45 bits per heavy atom. The average molecular weight is 159 g/mol. The van der Waals surface area contributed by atoms with Gasteiger partial charge in [0.1, 0.15) is 0 Å². The fraction of sp³-hybridized carbons (Fsp3) is 0.667. The van der Waals surface area contributed by atoms with Crippen molar-refractivity contribution in [3.8, 4) is 0 Å². The second kappa shape index (κ2) is 3.34. The van der Waals surface area contributed by atoms with Gasteiger partial charge in [-0.3, -0.25) is 14.4 Å². The number of carboxylic acid groups (broad SMARTS) is 1.